The van der Waals surface area contributed by atoms with E-state index in [4.69, 9.17) is 4.74 Å². The summed E-state index contributed by atoms with van der Waals surface area (Å²) >= 11 is 0. The van der Waals surface area contributed by atoms with Gasteiger partial charge < -0.3 is 15.2 Å². The topological polar surface area (TPSA) is 58.6 Å². The molecule has 1 saturated heterocycles. The number of carbonyl (C=O) groups excluding carboxylic acids is 1. The van der Waals surface area contributed by atoms with Crippen LogP contribution in [0.3, 0.4) is 0 Å². The van der Waals surface area contributed by atoms with E-state index in [0.29, 0.717) is 25.1 Å². The van der Waals surface area contributed by atoms with Gasteiger partial charge in [-0.2, -0.15) is 0 Å². The molecule has 0 amide bonds. The average molecular weight is 221 g/mol. The molecule has 0 spiro atoms. The molecule has 86 valence electrons. The maximum absolute atomic E-state index is 11.7. The summed E-state index contributed by atoms with van der Waals surface area (Å²) in [6, 6.07) is 8.88. The number of aliphatic hydroxyl groups is 1. The normalized spacial score (nSPS) is 25.1. The molecule has 4 heteroatoms. The molecule has 1 aliphatic rings. The lowest BCUT2D eigenvalue weighted by atomic mass is 10.1. The summed E-state index contributed by atoms with van der Waals surface area (Å²) in [7, 11) is 0. The number of piperidine rings is 1. The Bertz CT molecular complexity index is 353. The van der Waals surface area contributed by atoms with Gasteiger partial charge >= 0.3 is 5.97 Å². The van der Waals surface area contributed by atoms with Crippen LogP contribution in [-0.2, 0) is 4.74 Å². The Kier molecular flexibility index (Phi) is 3.54. The molecule has 0 bridgehead atoms. The number of hydrogen-bond acceptors (Lipinski definition) is 4. The Hall–Kier alpha value is -1.39. The highest BCUT2D eigenvalue weighted by Crippen LogP contribution is 2.10. The molecule has 0 aromatic heterocycles. The zero-order valence-corrected chi connectivity index (χ0v) is 8.93. The van der Waals surface area contributed by atoms with Crippen molar-refractivity contribution in [1.29, 1.82) is 0 Å². The second-order valence-electron chi connectivity index (χ2n) is 3.94. The number of benzene rings is 1. The van der Waals surface area contributed by atoms with E-state index in [9.17, 15) is 9.90 Å². The number of rotatable bonds is 2. The van der Waals surface area contributed by atoms with Gasteiger partial charge in [0.25, 0.3) is 0 Å². The number of β-amino-alcohol motifs (C(OH)–C–C–N with tert-alkyl or cyclic N) is 1. The van der Waals surface area contributed by atoms with Crippen LogP contribution < -0.4 is 5.32 Å². The second-order valence-corrected chi connectivity index (χ2v) is 3.94. The Balaban J connectivity index is 1.92. The van der Waals surface area contributed by atoms with Gasteiger partial charge in [-0.05, 0) is 12.1 Å². The Labute approximate surface area is 94.2 Å². The highest BCUT2D eigenvalue weighted by molar-refractivity contribution is 5.89. The Morgan fingerprint density at radius 2 is 2.06 bits per heavy atom. The maximum Gasteiger partial charge on any atom is 0.338 e. The highest BCUT2D eigenvalue weighted by atomic mass is 16.5. The molecule has 0 unspecified atom stereocenters. The van der Waals surface area contributed by atoms with Crippen molar-refractivity contribution in [2.45, 2.75) is 18.6 Å². The first-order valence-corrected chi connectivity index (χ1v) is 5.40. The van der Waals surface area contributed by atoms with E-state index in [-0.39, 0.29) is 12.1 Å². The number of ether oxygens (including phenoxy) is 1. The minimum absolute atomic E-state index is 0.239. The zero-order valence-electron chi connectivity index (χ0n) is 8.93. The smallest absolute Gasteiger partial charge is 0.338 e. The van der Waals surface area contributed by atoms with E-state index < -0.39 is 6.10 Å². The molecule has 1 heterocycles. The first-order chi connectivity index (χ1) is 7.75. The predicted molar refractivity (Wildman–Crippen MR) is 59.1 cm³/mol. The van der Waals surface area contributed by atoms with Crippen molar-refractivity contribution >= 4 is 5.97 Å². The van der Waals surface area contributed by atoms with Gasteiger partial charge in [0, 0.05) is 19.5 Å². The van der Waals surface area contributed by atoms with E-state index in [0.717, 1.165) is 0 Å². The molecule has 1 aromatic rings. The van der Waals surface area contributed by atoms with Crippen LogP contribution in [-0.4, -0.2) is 36.4 Å². The number of carbonyl (C=O) groups is 1. The Morgan fingerprint density at radius 3 is 2.75 bits per heavy atom. The summed E-state index contributed by atoms with van der Waals surface area (Å²) in [5.41, 5.74) is 0.544. The summed E-state index contributed by atoms with van der Waals surface area (Å²) in [4.78, 5) is 11.7. The van der Waals surface area contributed by atoms with E-state index in [1.165, 1.54) is 0 Å². The molecule has 2 rings (SSSR count). The van der Waals surface area contributed by atoms with Crippen LogP contribution in [0.1, 0.15) is 16.8 Å². The van der Waals surface area contributed by atoms with Crippen molar-refractivity contribution in [3.63, 3.8) is 0 Å². The van der Waals surface area contributed by atoms with Gasteiger partial charge in [0.05, 0.1) is 11.7 Å². The predicted octanol–water partition coefficient (Wildman–Crippen LogP) is 0.566. The third-order valence-electron chi connectivity index (χ3n) is 2.57. The molecular weight excluding hydrogens is 206 g/mol. The molecular formula is C12H15NO3. The average Bonchev–Trinajstić information content (AvgIpc) is 2.30. The Morgan fingerprint density at radius 1 is 1.31 bits per heavy atom. The molecule has 4 nitrogen and oxygen atoms in total. The monoisotopic (exact) mass is 221 g/mol. The van der Waals surface area contributed by atoms with Crippen molar-refractivity contribution in [3.8, 4) is 0 Å². The van der Waals surface area contributed by atoms with Gasteiger partial charge in [-0.3, -0.25) is 0 Å². The van der Waals surface area contributed by atoms with Crippen LogP contribution in [0.15, 0.2) is 30.3 Å². The van der Waals surface area contributed by atoms with Gasteiger partial charge in [0.15, 0.2) is 0 Å². The third-order valence-corrected chi connectivity index (χ3v) is 2.57. The van der Waals surface area contributed by atoms with Crippen molar-refractivity contribution < 1.29 is 14.6 Å². The summed E-state index contributed by atoms with van der Waals surface area (Å²) in [6.07, 6.45) is -0.162. The minimum atomic E-state index is -0.428. The molecule has 1 aliphatic heterocycles. The fraction of sp³-hybridized carbons (Fsp3) is 0.417. The largest absolute Gasteiger partial charge is 0.457 e. The standard InChI is InChI=1S/C12H15NO3/c14-10-6-11(8-13-7-10)16-12(15)9-4-2-1-3-5-9/h1-5,10-11,13-14H,6-8H2/t10-,11+/m1/s1. The molecule has 1 fully saturated rings. The fourth-order valence-electron chi connectivity index (χ4n) is 1.76. The van der Waals surface area contributed by atoms with Gasteiger partial charge in [-0.1, -0.05) is 18.2 Å². The summed E-state index contributed by atoms with van der Waals surface area (Å²) in [5.74, 6) is -0.332. The van der Waals surface area contributed by atoms with Crippen LogP contribution in [0.4, 0.5) is 0 Å². The number of nitrogens with one attached hydrogen (secondary N) is 1. The number of aliphatic hydroxyl groups excluding tert-OH is 1. The molecule has 2 N–H and O–H groups in total. The highest BCUT2D eigenvalue weighted by Gasteiger charge is 2.23. The van der Waals surface area contributed by atoms with Crippen molar-refractivity contribution in [2.75, 3.05) is 13.1 Å². The van der Waals surface area contributed by atoms with E-state index in [1.807, 2.05) is 6.07 Å². The van der Waals surface area contributed by atoms with E-state index in [1.54, 1.807) is 24.3 Å². The maximum atomic E-state index is 11.7. The van der Waals surface area contributed by atoms with E-state index >= 15 is 0 Å². The van der Waals surface area contributed by atoms with Gasteiger partial charge in [-0.15, -0.1) is 0 Å². The van der Waals surface area contributed by atoms with Crippen LogP contribution in [0.25, 0.3) is 0 Å². The minimum Gasteiger partial charge on any atom is -0.457 e. The van der Waals surface area contributed by atoms with Gasteiger partial charge in [0.1, 0.15) is 6.10 Å². The lowest BCUT2D eigenvalue weighted by molar-refractivity contribution is 0.00416. The van der Waals surface area contributed by atoms with Gasteiger partial charge in [-0.25, -0.2) is 4.79 Å². The summed E-state index contributed by atoms with van der Waals surface area (Å²) in [6.45, 7) is 1.18. The number of hydrogen-bond donors (Lipinski definition) is 2. The SMILES string of the molecule is O=C(O[C@@H]1CNC[C@H](O)C1)c1ccccc1. The fourth-order valence-corrected chi connectivity index (χ4v) is 1.76. The molecule has 16 heavy (non-hydrogen) atoms. The second kappa shape index (κ2) is 5.09. The lowest BCUT2D eigenvalue weighted by Gasteiger charge is -2.26. The molecule has 2 atom stereocenters. The van der Waals surface area contributed by atoms with Crippen molar-refractivity contribution in [3.05, 3.63) is 35.9 Å². The third kappa shape index (κ3) is 2.81. The van der Waals surface area contributed by atoms with Crippen LogP contribution >= 0.6 is 0 Å². The molecule has 1 aromatic carbocycles. The zero-order chi connectivity index (χ0) is 11.4. The summed E-state index contributed by atoms with van der Waals surface area (Å²) < 4.78 is 5.29. The quantitative estimate of drug-likeness (QED) is 0.717. The first kappa shape index (κ1) is 11.1. The lowest BCUT2D eigenvalue weighted by Crippen LogP contribution is -2.44. The number of esters is 1. The van der Waals surface area contributed by atoms with Crippen LogP contribution in [0.5, 0.6) is 0 Å². The molecule has 0 radical (unpaired) electrons. The van der Waals surface area contributed by atoms with Crippen LogP contribution in [0, 0.1) is 0 Å². The van der Waals surface area contributed by atoms with Crippen molar-refractivity contribution in [1.82, 2.24) is 5.32 Å². The van der Waals surface area contributed by atoms with Crippen molar-refractivity contribution in [2.24, 2.45) is 0 Å². The van der Waals surface area contributed by atoms with Gasteiger partial charge in [0.2, 0.25) is 0 Å². The van der Waals surface area contributed by atoms with E-state index in [2.05, 4.69) is 5.32 Å². The molecule has 0 aliphatic carbocycles. The first-order valence-electron chi connectivity index (χ1n) is 5.40. The van der Waals surface area contributed by atoms with Crippen LogP contribution in [0.2, 0.25) is 0 Å². The molecule has 0 saturated carbocycles. The summed E-state index contributed by atoms with van der Waals surface area (Å²) in [5, 5.41) is 12.4.